The van der Waals surface area contributed by atoms with Crippen molar-refractivity contribution in [3.63, 3.8) is 0 Å². The first-order valence-electron chi connectivity index (χ1n) is 6.91. The Kier molecular flexibility index (Phi) is 4.74. The largest absolute Gasteiger partial charge is 0.516 e. The minimum Gasteiger partial charge on any atom is -0.477 e. The molecule has 1 fully saturated rings. The lowest BCUT2D eigenvalue weighted by atomic mass is 10.1. The number of carboxylic acids is 1. The number of nitrogens with zero attached hydrogens (tertiary/aromatic N) is 1. The van der Waals surface area contributed by atoms with Gasteiger partial charge in [0.2, 0.25) is 0 Å². The summed E-state index contributed by atoms with van der Waals surface area (Å²) in [5.74, 6) is -0.955. The molecule has 108 valence electrons. The average molecular weight is 278 g/mol. The molecule has 1 aromatic carbocycles. The third-order valence-electron chi connectivity index (χ3n) is 3.70. The van der Waals surface area contributed by atoms with Crippen molar-refractivity contribution >= 4 is 12.1 Å². The molecule has 5 heteroatoms. The highest BCUT2D eigenvalue weighted by Gasteiger charge is 2.42. The van der Waals surface area contributed by atoms with Crippen molar-refractivity contribution in [3.8, 4) is 0 Å². The van der Waals surface area contributed by atoms with Gasteiger partial charge in [0.05, 0.1) is 13.1 Å². The van der Waals surface area contributed by atoms with Gasteiger partial charge >= 0.3 is 12.1 Å². The summed E-state index contributed by atoms with van der Waals surface area (Å²) in [5.41, 5.74) is 0.909. The van der Waals surface area contributed by atoms with Gasteiger partial charge in [0, 0.05) is 0 Å². The zero-order chi connectivity index (χ0) is 14.4. The molecule has 1 aromatic rings. The van der Waals surface area contributed by atoms with Gasteiger partial charge in [-0.3, -0.25) is 0 Å². The van der Waals surface area contributed by atoms with E-state index in [0.29, 0.717) is 13.1 Å². The van der Waals surface area contributed by atoms with Crippen LogP contribution in [-0.4, -0.2) is 41.3 Å². The number of amides is 1. The molecule has 0 spiro atoms. The van der Waals surface area contributed by atoms with E-state index in [-0.39, 0.29) is 17.6 Å². The number of rotatable bonds is 4. The van der Waals surface area contributed by atoms with Gasteiger partial charge in [0.1, 0.15) is 6.61 Å². The second-order valence-electron chi connectivity index (χ2n) is 5.25. The molecule has 1 N–H and O–H groups in total. The summed E-state index contributed by atoms with van der Waals surface area (Å²) in [6.45, 7) is 1.12. The fourth-order valence-corrected chi connectivity index (χ4v) is 2.64. The fraction of sp³-hybridized carbons (Fsp3) is 0.467. The lowest BCUT2D eigenvalue weighted by molar-refractivity contribution is -0.855. The molecule has 0 aliphatic carbocycles. The third kappa shape index (κ3) is 3.57. The standard InChI is InChI=1S/C15H19NO4/c17-14(18)11-16(9-5-2-6-10-16)15(19)20-12-13-7-3-1-4-8-13/h1,3-4,7-8H,2,5-6,9-12H2/p+1. The van der Waals surface area contributed by atoms with E-state index >= 15 is 0 Å². The Morgan fingerprint density at radius 1 is 1.10 bits per heavy atom. The highest BCUT2D eigenvalue weighted by molar-refractivity contribution is 5.71. The number of benzene rings is 1. The Morgan fingerprint density at radius 2 is 1.75 bits per heavy atom. The summed E-state index contributed by atoms with van der Waals surface area (Å²) in [7, 11) is 0. The van der Waals surface area contributed by atoms with Crippen molar-refractivity contribution in [1.82, 2.24) is 0 Å². The van der Waals surface area contributed by atoms with E-state index in [4.69, 9.17) is 9.84 Å². The Bertz CT molecular complexity index is 466. The van der Waals surface area contributed by atoms with Gasteiger partial charge in [-0.2, -0.15) is 4.79 Å². The van der Waals surface area contributed by atoms with Crippen molar-refractivity contribution in [1.29, 1.82) is 0 Å². The Morgan fingerprint density at radius 3 is 2.35 bits per heavy atom. The summed E-state index contributed by atoms with van der Waals surface area (Å²) < 4.78 is 5.26. The highest BCUT2D eigenvalue weighted by atomic mass is 16.6. The molecule has 20 heavy (non-hydrogen) atoms. The molecule has 0 atom stereocenters. The third-order valence-corrected chi connectivity index (χ3v) is 3.70. The number of carbonyl (C=O) groups is 2. The molecule has 0 saturated carbocycles. The van der Waals surface area contributed by atoms with Crippen molar-refractivity contribution in [3.05, 3.63) is 35.9 Å². The predicted octanol–water partition coefficient (Wildman–Crippen LogP) is 2.41. The molecule has 0 unspecified atom stereocenters. The quantitative estimate of drug-likeness (QED) is 0.859. The van der Waals surface area contributed by atoms with Gasteiger partial charge in [0.15, 0.2) is 6.54 Å². The topological polar surface area (TPSA) is 63.6 Å². The SMILES string of the molecule is O=C(O)C[N+]1(C(=O)OCc2ccccc2)CCCCC1. The summed E-state index contributed by atoms with van der Waals surface area (Å²) in [5, 5.41) is 9.04. The van der Waals surface area contributed by atoms with Crippen LogP contribution in [0.1, 0.15) is 24.8 Å². The van der Waals surface area contributed by atoms with Crippen LogP contribution in [0.15, 0.2) is 30.3 Å². The van der Waals surface area contributed by atoms with Crippen LogP contribution >= 0.6 is 0 Å². The van der Waals surface area contributed by atoms with Gasteiger partial charge < -0.3 is 9.84 Å². The van der Waals surface area contributed by atoms with Crippen molar-refractivity contribution in [2.45, 2.75) is 25.9 Å². The van der Waals surface area contributed by atoms with E-state index < -0.39 is 12.1 Å². The van der Waals surface area contributed by atoms with Crippen LogP contribution in [0.5, 0.6) is 0 Å². The van der Waals surface area contributed by atoms with Gasteiger partial charge in [-0.15, -0.1) is 0 Å². The first kappa shape index (κ1) is 14.5. The maximum atomic E-state index is 12.3. The van der Waals surface area contributed by atoms with Crippen LogP contribution in [0, 0.1) is 0 Å². The van der Waals surface area contributed by atoms with Crippen LogP contribution in [0.25, 0.3) is 0 Å². The zero-order valence-corrected chi connectivity index (χ0v) is 11.5. The smallest absolute Gasteiger partial charge is 0.477 e. The van der Waals surface area contributed by atoms with E-state index in [1.54, 1.807) is 0 Å². The highest BCUT2D eigenvalue weighted by Crippen LogP contribution is 2.21. The molecule has 0 bridgehead atoms. The summed E-state index contributed by atoms with van der Waals surface area (Å²) >= 11 is 0. The lowest BCUT2D eigenvalue weighted by Gasteiger charge is -2.35. The van der Waals surface area contributed by atoms with Crippen LogP contribution < -0.4 is 0 Å². The Hall–Kier alpha value is -1.88. The maximum absolute atomic E-state index is 12.3. The molecular weight excluding hydrogens is 258 g/mol. The number of likely N-dealkylation sites (tertiary alicyclic amines) is 1. The van der Waals surface area contributed by atoms with Crippen molar-refractivity contribution < 1.29 is 23.9 Å². The Labute approximate surface area is 118 Å². The number of hydrogen-bond donors (Lipinski definition) is 1. The molecule has 1 aliphatic heterocycles. The number of hydrogen-bond acceptors (Lipinski definition) is 3. The van der Waals surface area contributed by atoms with Crippen molar-refractivity contribution in [2.75, 3.05) is 19.6 Å². The second-order valence-corrected chi connectivity index (χ2v) is 5.25. The number of quaternary nitrogens is 1. The van der Waals surface area contributed by atoms with Crippen LogP contribution in [-0.2, 0) is 16.1 Å². The molecule has 1 amide bonds. The van der Waals surface area contributed by atoms with Gasteiger partial charge in [-0.1, -0.05) is 30.3 Å². The average Bonchev–Trinajstić information content (AvgIpc) is 2.46. The molecule has 0 radical (unpaired) electrons. The van der Waals surface area contributed by atoms with Crippen LogP contribution in [0.4, 0.5) is 4.79 Å². The second kappa shape index (κ2) is 6.52. The van der Waals surface area contributed by atoms with Crippen molar-refractivity contribution in [2.24, 2.45) is 0 Å². The molecule has 5 nitrogen and oxygen atoms in total. The van der Waals surface area contributed by atoms with E-state index in [1.807, 2.05) is 30.3 Å². The molecule has 0 aromatic heterocycles. The Balaban J connectivity index is 2.01. The number of carboxylic acid groups (broad SMARTS) is 1. The number of aliphatic carboxylic acids is 1. The fourth-order valence-electron chi connectivity index (χ4n) is 2.64. The van der Waals surface area contributed by atoms with Crippen LogP contribution in [0.3, 0.4) is 0 Å². The molecule has 2 rings (SSSR count). The maximum Gasteiger partial charge on any atom is 0.516 e. The molecule has 1 saturated heterocycles. The number of piperidine rings is 1. The summed E-state index contributed by atoms with van der Waals surface area (Å²) in [6, 6.07) is 9.42. The monoisotopic (exact) mass is 278 g/mol. The molecule has 1 aliphatic rings. The van der Waals surface area contributed by atoms with Gasteiger partial charge in [-0.05, 0) is 24.8 Å². The summed E-state index contributed by atoms with van der Waals surface area (Å²) in [4.78, 5) is 23.3. The van der Waals surface area contributed by atoms with Gasteiger partial charge in [-0.25, -0.2) is 9.28 Å². The van der Waals surface area contributed by atoms with Crippen LogP contribution in [0.2, 0.25) is 0 Å². The number of carbonyl (C=O) groups excluding carboxylic acids is 1. The van der Waals surface area contributed by atoms with E-state index in [9.17, 15) is 9.59 Å². The zero-order valence-electron chi connectivity index (χ0n) is 11.5. The predicted molar refractivity (Wildman–Crippen MR) is 73.0 cm³/mol. The normalized spacial score (nSPS) is 17.4. The van der Waals surface area contributed by atoms with Gasteiger partial charge in [0.25, 0.3) is 0 Å². The minimum absolute atomic E-state index is 0.0812. The van der Waals surface area contributed by atoms with E-state index in [0.717, 1.165) is 24.8 Å². The van der Waals surface area contributed by atoms with E-state index in [2.05, 4.69) is 0 Å². The molecular formula is C15H20NO4+. The lowest BCUT2D eigenvalue weighted by Crippen LogP contribution is -2.58. The summed E-state index contributed by atoms with van der Waals surface area (Å²) in [6.07, 6.45) is 2.36. The van der Waals surface area contributed by atoms with E-state index in [1.165, 1.54) is 0 Å². The first-order valence-corrected chi connectivity index (χ1v) is 6.91. The molecule has 1 heterocycles. The first-order chi connectivity index (χ1) is 9.62. The minimum atomic E-state index is -0.955. The number of ether oxygens (including phenoxy) is 1.